The van der Waals surface area contributed by atoms with E-state index in [-0.39, 0.29) is 5.91 Å². The van der Waals surface area contributed by atoms with Gasteiger partial charge in [0.05, 0.1) is 0 Å². The maximum absolute atomic E-state index is 12.8. The van der Waals surface area contributed by atoms with E-state index in [1.54, 1.807) is 0 Å². The van der Waals surface area contributed by atoms with Gasteiger partial charge < -0.3 is 14.8 Å². The molecular weight excluding hydrogens is 252 g/mol. The maximum Gasteiger partial charge on any atom is 0.274 e. The first-order valence-corrected chi connectivity index (χ1v) is 7.87. The molecule has 1 amide bonds. The first-order valence-electron chi connectivity index (χ1n) is 7.87. The monoisotopic (exact) mass is 276 g/mol. The molecule has 3 heterocycles. The Morgan fingerprint density at radius 3 is 3.15 bits per heavy atom. The number of imidazole rings is 1. The molecule has 2 aliphatic rings. The Bertz CT molecular complexity index is 453. The van der Waals surface area contributed by atoms with Gasteiger partial charge in [-0.1, -0.05) is 6.92 Å². The number of carbonyl (C=O) groups excluding carboxylic acids is 1. The molecule has 0 bridgehead atoms. The van der Waals surface area contributed by atoms with Gasteiger partial charge in [-0.15, -0.1) is 0 Å². The van der Waals surface area contributed by atoms with Gasteiger partial charge in [0.1, 0.15) is 11.5 Å². The predicted octanol–water partition coefficient (Wildman–Crippen LogP) is 1.43. The number of hydrogen-bond donors (Lipinski definition) is 1. The predicted molar refractivity (Wildman–Crippen MR) is 77.8 cm³/mol. The van der Waals surface area contributed by atoms with Crippen LogP contribution in [0.3, 0.4) is 0 Å². The zero-order valence-corrected chi connectivity index (χ0v) is 12.3. The lowest BCUT2D eigenvalue weighted by atomic mass is 10.2. The standard InChI is InChI=1S/C15H24N4O/c1-2-8-19(12-6-7-16-10-12)15(20)13-11-18-9-4-3-5-14(18)17-13/h11-12,16H,2-10H2,1H3. The van der Waals surface area contributed by atoms with Gasteiger partial charge in [-0.2, -0.15) is 0 Å². The molecule has 5 heteroatoms. The van der Waals surface area contributed by atoms with Crippen LogP contribution in [0.4, 0.5) is 0 Å². The van der Waals surface area contributed by atoms with E-state index in [1.807, 2.05) is 11.1 Å². The third-order valence-electron chi connectivity index (χ3n) is 4.33. The summed E-state index contributed by atoms with van der Waals surface area (Å²) >= 11 is 0. The number of fused-ring (bicyclic) bond motifs is 1. The summed E-state index contributed by atoms with van der Waals surface area (Å²) in [6, 6.07) is 0.334. The highest BCUT2D eigenvalue weighted by Gasteiger charge is 2.28. The van der Waals surface area contributed by atoms with Crippen molar-refractivity contribution in [2.75, 3.05) is 19.6 Å². The number of nitrogens with zero attached hydrogens (tertiary/aromatic N) is 3. The van der Waals surface area contributed by atoms with E-state index in [0.29, 0.717) is 11.7 Å². The van der Waals surface area contributed by atoms with Gasteiger partial charge in [0.2, 0.25) is 0 Å². The first-order chi connectivity index (χ1) is 9.79. The van der Waals surface area contributed by atoms with E-state index in [2.05, 4.69) is 21.8 Å². The molecule has 0 aromatic carbocycles. The molecule has 5 nitrogen and oxygen atoms in total. The Labute approximate surface area is 120 Å². The first kappa shape index (κ1) is 13.6. The fraction of sp³-hybridized carbons (Fsp3) is 0.733. The van der Waals surface area contributed by atoms with E-state index < -0.39 is 0 Å². The Morgan fingerprint density at radius 1 is 1.55 bits per heavy atom. The summed E-state index contributed by atoms with van der Waals surface area (Å²) in [5, 5.41) is 3.35. The minimum absolute atomic E-state index is 0.113. The molecule has 1 N–H and O–H groups in total. The fourth-order valence-corrected chi connectivity index (χ4v) is 3.26. The number of aryl methyl sites for hydroxylation is 2. The average molecular weight is 276 g/mol. The second kappa shape index (κ2) is 5.95. The van der Waals surface area contributed by atoms with E-state index in [1.165, 1.54) is 12.8 Å². The Morgan fingerprint density at radius 2 is 2.45 bits per heavy atom. The molecule has 0 saturated carbocycles. The summed E-state index contributed by atoms with van der Waals surface area (Å²) in [5.74, 6) is 1.20. The molecule has 1 atom stereocenters. The number of amides is 1. The highest BCUT2D eigenvalue weighted by atomic mass is 16.2. The zero-order chi connectivity index (χ0) is 13.9. The largest absolute Gasteiger partial charge is 0.334 e. The van der Waals surface area contributed by atoms with Crippen LogP contribution in [0.1, 0.15) is 48.9 Å². The molecule has 1 fully saturated rings. The average Bonchev–Trinajstić information content (AvgIpc) is 3.12. The normalized spacial score (nSPS) is 21.8. The maximum atomic E-state index is 12.8. The lowest BCUT2D eigenvalue weighted by Crippen LogP contribution is -2.42. The van der Waals surface area contributed by atoms with Gasteiger partial charge in [0.25, 0.3) is 5.91 Å². The molecule has 0 spiro atoms. The molecule has 1 saturated heterocycles. The molecule has 1 unspecified atom stereocenters. The van der Waals surface area contributed by atoms with Crippen LogP contribution in [0.25, 0.3) is 0 Å². The van der Waals surface area contributed by atoms with Crippen molar-refractivity contribution in [1.82, 2.24) is 19.8 Å². The van der Waals surface area contributed by atoms with Gasteiger partial charge in [0.15, 0.2) is 0 Å². The van der Waals surface area contributed by atoms with Gasteiger partial charge in [-0.25, -0.2) is 4.98 Å². The van der Waals surface area contributed by atoms with Crippen molar-refractivity contribution in [3.63, 3.8) is 0 Å². The summed E-state index contributed by atoms with van der Waals surface area (Å²) in [6.07, 6.45) is 7.40. The van der Waals surface area contributed by atoms with E-state index >= 15 is 0 Å². The second-order valence-corrected chi connectivity index (χ2v) is 5.84. The number of rotatable bonds is 4. The van der Waals surface area contributed by atoms with Gasteiger partial charge in [0, 0.05) is 38.3 Å². The Balaban J connectivity index is 1.79. The molecule has 20 heavy (non-hydrogen) atoms. The van der Waals surface area contributed by atoms with Crippen LogP contribution in [0, 0.1) is 0 Å². The van der Waals surface area contributed by atoms with E-state index in [0.717, 1.165) is 51.3 Å². The van der Waals surface area contributed by atoms with E-state index in [4.69, 9.17) is 0 Å². The van der Waals surface area contributed by atoms with Gasteiger partial charge in [-0.3, -0.25) is 4.79 Å². The topological polar surface area (TPSA) is 50.2 Å². The van der Waals surface area contributed by atoms with Crippen LogP contribution in [0.15, 0.2) is 6.20 Å². The SMILES string of the molecule is CCCN(C(=O)c1cn2c(n1)CCCC2)C1CCNC1. The smallest absolute Gasteiger partial charge is 0.274 e. The Kier molecular flexibility index (Phi) is 4.05. The minimum atomic E-state index is 0.113. The van der Waals surface area contributed by atoms with Crippen LogP contribution >= 0.6 is 0 Å². The molecule has 0 radical (unpaired) electrons. The van der Waals surface area contributed by atoms with E-state index in [9.17, 15) is 4.79 Å². The van der Waals surface area contributed by atoms with Gasteiger partial charge in [-0.05, 0) is 32.2 Å². The number of aromatic nitrogens is 2. The Hall–Kier alpha value is -1.36. The second-order valence-electron chi connectivity index (χ2n) is 5.84. The van der Waals surface area contributed by atoms with Crippen LogP contribution < -0.4 is 5.32 Å². The third-order valence-corrected chi connectivity index (χ3v) is 4.33. The van der Waals surface area contributed by atoms with Gasteiger partial charge >= 0.3 is 0 Å². The van der Waals surface area contributed by atoms with Crippen molar-refractivity contribution in [2.24, 2.45) is 0 Å². The molecule has 110 valence electrons. The minimum Gasteiger partial charge on any atom is -0.334 e. The summed E-state index contributed by atoms with van der Waals surface area (Å²) < 4.78 is 2.16. The van der Waals surface area contributed by atoms with Crippen LogP contribution in [0.2, 0.25) is 0 Å². The number of carbonyl (C=O) groups is 1. The summed E-state index contributed by atoms with van der Waals surface area (Å²) in [4.78, 5) is 19.4. The van der Waals surface area contributed by atoms with Crippen LogP contribution in [-0.2, 0) is 13.0 Å². The quantitative estimate of drug-likeness (QED) is 0.905. The van der Waals surface area contributed by atoms with Crippen LogP contribution in [-0.4, -0.2) is 46.0 Å². The molecule has 1 aromatic rings. The number of nitrogens with one attached hydrogen (secondary N) is 1. The van der Waals surface area contributed by atoms with Crippen molar-refractivity contribution in [3.05, 3.63) is 17.7 Å². The summed E-state index contributed by atoms with van der Waals surface area (Å²) in [5.41, 5.74) is 0.641. The molecule has 1 aromatic heterocycles. The molecule has 2 aliphatic heterocycles. The fourth-order valence-electron chi connectivity index (χ4n) is 3.26. The zero-order valence-electron chi connectivity index (χ0n) is 12.3. The molecule has 0 aliphatic carbocycles. The molecule has 3 rings (SSSR count). The summed E-state index contributed by atoms with van der Waals surface area (Å²) in [7, 11) is 0. The van der Waals surface area contributed by atoms with Crippen LogP contribution in [0.5, 0.6) is 0 Å². The van der Waals surface area contributed by atoms with Crippen molar-refractivity contribution < 1.29 is 4.79 Å². The lowest BCUT2D eigenvalue weighted by Gasteiger charge is -2.27. The third kappa shape index (κ3) is 2.59. The van der Waals surface area contributed by atoms with Crippen molar-refractivity contribution in [3.8, 4) is 0 Å². The molecular formula is C15H24N4O. The highest BCUT2D eigenvalue weighted by Crippen LogP contribution is 2.18. The summed E-state index contributed by atoms with van der Waals surface area (Å²) in [6.45, 7) is 5.89. The van der Waals surface area contributed by atoms with Crippen molar-refractivity contribution in [1.29, 1.82) is 0 Å². The lowest BCUT2D eigenvalue weighted by molar-refractivity contribution is 0.0686. The number of hydrogen-bond acceptors (Lipinski definition) is 3. The highest BCUT2D eigenvalue weighted by molar-refractivity contribution is 5.92. The van der Waals surface area contributed by atoms with Crippen molar-refractivity contribution >= 4 is 5.91 Å². The van der Waals surface area contributed by atoms with Crippen molar-refractivity contribution in [2.45, 2.75) is 51.6 Å².